The quantitative estimate of drug-likeness (QED) is 0.148. The molecule has 8 nitrogen and oxygen atoms in total. The maximum Gasteiger partial charge on any atom is 1.00 e. The van der Waals surface area contributed by atoms with Crippen LogP contribution in [0, 0.1) is 0 Å². The Balaban J connectivity index is 0. The summed E-state index contributed by atoms with van der Waals surface area (Å²) < 4.78 is 31.2. The minimum absolute atomic E-state index is 0. The van der Waals surface area contributed by atoms with Crippen LogP contribution in [0.1, 0.15) is 0 Å². The summed E-state index contributed by atoms with van der Waals surface area (Å²) in [6.45, 7) is 0. The van der Waals surface area contributed by atoms with Crippen LogP contribution >= 0.6 is 0 Å². The molecule has 0 saturated heterocycles. The monoisotopic (exact) mass is 183 g/mol. The molecule has 56 valence electrons. The van der Waals surface area contributed by atoms with E-state index in [0.29, 0.717) is 0 Å². The van der Waals surface area contributed by atoms with Gasteiger partial charge in [-0.05, 0) is 0 Å². The molecule has 0 radical (unpaired) electrons. The van der Waals surface area contributed by atoms with Crippen LogP contribution in [0.25, 0.3) is 0 Å². The van der Waals surface area contributed by atoms with E-state index in [1.807, 2.05) is 0 Å². The van der Waals surface area contributed by atoms with Gasteiger partial charge in [-0.3, -0.25) is 5.21 Å². The van der Waals surface area contributed by atoms with Crippen molar-refractivity contribution < 1.29 is 62.3 Å². The Labute approximate surface area is 78.0 Å². The maximum absolute atomic E-state index is 9.43. The molecular weight excluding hydrogens is 181 g/mol. The van der Waals surface area contributed by atoms with Gasteiger partial charge in [-0.2, -0.15) is 0 Å². The van der Waals surface area contributed by atoms with Crippen LogP contribution in [0.5, 0.6) is 0 Å². The molecule has 10 heavy (non-hydrogen) atoms. The van der Waals surface area contributed by atoms with Gasteiger partial charge in [0, 0.05) is 0 Å². The smallest absolute Gasteiger partial charge is 0.724 e. The molecule has 0 aromatic rings. The van der Waals surface area contributed by atoms with Gasteiger partial charge in [0.05, 0.1) is 0 Å². The van der Waals surface area contributed by atoms with E-state index in [4.69, 9.17) is 10.5 Å². The molecule has 0 aromatic carbocycles. The van der Waals surface area contributed by atoms with Gasteiger partial charge in [0.25, 0.3) is 0 Å². The molecule has 0 aliphatic heterocycles. The van der Waals surface area contributed by atoms with Crippen molar-refractivity contribution in [3.05, 3.63) is 0 Å². The number of rotatable bonds is 3. The van der Waals surface area contributed by atoms with Gasteiger partial charge in [0.1, 0.15) is 5.39 Å². The topological polar surface area (TPSA) is 119 Å². The molecule has 0 atom stereocenters. The Morgan fingerprint density at radius 3 is 2.00 bits per heavy atom. The zero-order valence-corrected chi connectivity index (χ0v) is 7.61. The molecule has 10 heteroatoms. The third-order valence-electron chi connectivity index (χ3n) is 0.225. The Morgan fingerprint density at radius 2 is 1.90 bits per heavy atom. The third kappa shape index (κ3) is 8.71. The standard InChI is InChI=1S/H3NO7S.Na/c2-1(7-3)8-9(4,5)6;/h2-3H,(H,4,5,6);/q;+1/p-1. The fraction of sp³-hybridized carbons (Fsp3) is 0. The van der Waals surface area contributed by atoms with E-state index in [0.717, 1.165) is 0 Å². The van der Waals surface area contributed by atoms with E-state index in [1.54, 1.807) is 0 Å². The van der Waals surface area contributed by atoms with Crippen molar-refractivity contribution in [1.82, 2.24) is 5.39 Å². The predicted molar refractivity (Wildman–Crippen MR) is 18.1 cm³/mol. The van der Waals surface area contributed by atoms with Gasteiger partial charge in [-0.15, -0.1) is 4.28 Å². The van der Waals surface area contributed by atoms with Crippen LogP contribution < -0.4 is 29.6 Å². The second kappa shape index (κ2) is 5.37. The number of hydrogen-bond acceptors (Lipinski definition) is 8. The van der Waals surface area contributed by atoms with Gasteiger partial charge in [0.2, 0.25) is 10.4 Å². The van der Waals surface area contributed by atoms with Crippen molar-refractivity contribution in [3.63, 3.8) is 0 Å². The van der Waals surface area contributed by atoms with Crippen LogP contribution in [-0.2, 0) is 19.7 Å². The van der Waals surface area contributed by atoms with E-state index < -0.39 is 15.8 Å². The van der Waals surface area contributed by atoms with Crippen molar-refractivity contribution in [2.45, 2.75) is 0 Å². The Kier molecular flexibility index (Phi) is 7.15. The minimum atomic E-state index is -5.09. The summed E-state index contributed by atoms with van der Waals surface area (Å²) in [5.41, 5.74) is 0. The van der Waals surface area contributed by atoms with E-state index in [2.05, 4.69) is 9.27 Å². The largest absolute Gasteiger partial charge is 1.00 e. The molecule has 0 saturated carbocycles. The van der Waals surface area contributed by atoms with Crippen LogP contribution in [0.2, 0.25) is 0 Å². The van der Waals surface area contributed by atoms with Crippen LogP contribution in [0.3, 0.4) is 0 Å². The summed E-state index contributed by atoms with van der Waals surface area (Å²) >= 11 is 0. The molecule has 0 rings (SSSR count). The van der Waals surface area contributed by atoms with Crippen molar-refractivity contribution in [3.8, 4) is 0 Å². The zero-order chi connectivity index (χ0) is 7.49. The first kappa shape index (κ1) is 13.3. The van der Waals surface area contributed by atoms with Gasteiger partial charge in [-0.25, -0.2) is 13.7 Å². The molecule has 0 aromatic heterocycles. The van der Waals surface area contributed by atoms with Crippen LogP contribution in [-0.4, -0.2) is 28.8 Å². The average molecular weight is 183 g/mol. The number of nitrogens with zero attached hydrogens (tertiary/aromatic N) is 1. The number of hydrogen-bond donors (Lipinski definition) is 2. The molecule has 0 amide bonds. The first-order valence-electron chi connectivity index (χ1n) is 1.41. The fourth-order valence-corrected chi connectivity index (χ4v) is 0.275. The first-order valence-corrected chi connectivity index (χ1v) is 2.75. The van der Waals surface area contributed by atoms with Crippen LogP contribution in [0.15, 0.2) is 0 Å². The van der Waals surface area contributed by atoms with Gasteiger partial charge in [0.15, 0.2) is 0 Å². The van der Waals surface area contributed by atoms with E-state index in [9.17, 15) is 13.0 Å². The minimum Gasteiger partial charge on any atom is -0.724 e. The van der Waals surface area contributed by atoms with Crippen molar-refractivity contribution >= 4 is 10.4 Å². The molecule has 0 fully saturated rings. The Morgan fingerprint density at radius 1 is 1.50 bits per heavy atom. The van der Waals surface area contributed by atoms with E-state index >= 15 is 0 Å². The second-order valence-electron chi connectivity index (χ2n) is 0.802. The summed E-state index contributed by atoms with van der Waals surface area (Å²) in [6, 6.07) is 0. The zero-order valence-electron chi connectivity index (χ0n) is 4.79. The van der Waals surface area contributed by atoms with Gasteiger partial charge >= 0.3 is 29.6 Å². The molecule has 0 spiro atoms. The second-order valence-corrected chi connectivity index (χ2v) is 1.77. The van der Waals surface area contributed by atoms with Crippen molar-refractivity contribution in [2.75, 3.05) is 0 Å². The van der Waals surface area contributed by atoms with Crippen LogP contribution in [0.4, 0.5) is 0 Å². The average Bonchev–Trinajstić information content (AvgIpc) is 1.62. The molecule has 0 heterocycles. The van der Waals surface area contributed by atoms with E-state index in [-0.39, 0.29) is 29.6 Å². The summed E-state index contributed by atoms with van der Waals surface area (Å²) in [4.78, 5) is 2.71. The Bertz CT molecular complexity index is 160. The molecule has 0 bridgehead atoms. The van der Waals surface area contributed by atoms with Crippen molar-refractivity contribution in [2.24, 2.45) is 0 Å². The maximum atomic E-state index is 9.43. The first-order chi connectivity index (χ1) is 3.95. The SMILES string of the molecule is O=S(=O)([O-])ON(O)OO.[Na+]. The molecular formula is H2NNaO7S. The Hall–Kier alpha value is 0.710. The molecule has 0 unspecified atom stereocenters. The molecule has 0 aliphatic carbocycles. The fourth-order valence-electron chi connectivity index (χ4n) is 0.0917. The molecule has 2 N–H and O–H groups in total. The van der Waals surface area contributed by atoms with E-state index in [1.165, 1.54) is 0 Å². The van der Waals surface area contributed by atoms with Gasteiger partial charge < -0.3 is 4.55 Å². The summed E-state index contributed by atoms with van der Waals surface area (Å²) in [5, 5.41) is 14.1. The third-order valence-corrected chi connectivity index (χ3v) is 0.535. The summed E-state index contributed by atoms with van der Waals surface area (Å²) in [5.74, 6) is 0. The van der Waals surface area contributed by atoms with Crippen molar-refractivity contribution in [1.29, 1.82) is 0 Å². The predicted octanol–water partition coefficient (Wildman–Crippen LogP) is -4.52. The van der Waals surface area contributed by atoms with Gasteiger partial charge in [-0.1, -0.05) is 4.99 Å². The normalized spacial score (nSPS) is 11.2. The summed E-state index contributed by atoms with van der Waals surface area (Å²) in [6.07, 6.45) is 0. The summed E-state index contributed by atoms with van der Waals surface area (Å²) in [7, 11) is -5.09. The molecule has 0 aliphatic rings.